The molecule has 1 saturated carbocycles. The van der Waals surface area contributed by atoms with Crippen LogP contribution in [0.25, 0.3) is 0 Å². The fourth-order valence-corrected chi connectivity index (χ4v) is 3.49. The molecule has 1 aliphatic rings. The minimum Gasteiger partial charge on any atom is -0.399 e. The van der Waals surface area contributed by atoms with E-state index in [0.29, 0.717) is 12.6 Å². The first-order valence-corrected chi connectivity index (χ1v) is 8.15. The van der Waals surface area contributed by atoms with E-state index in [-0.39, 0.29) is 5.91 Å². The SMILES string of the molecule is Nc1ccc(CN(C(=O)c2ccc(Br)s2)C2CC2)cc1. The second-order valence-corrected chi connectivity index (χ2v) is 7.47. The van der Waals surface area contributed by atoms with Crippen LogP contribution in [0.15, 0.2) is 40.2 Å². The van der Waals surface area contributed by atoms with E-state index < -0.39 is 0 Å². The molecule has 1 aliphatic carbocycles. The molecule has 1 aromatic heterocycles. The molecule has 0 saturated heterocycles. The standard InChI is InChI=1S/C15H15BrN2OS/c16-14-8-7-13(20-14)15(19)18(12-5-6-12)9-10-1-3-11(17)4-2-10/h1-4,7-8,12H,5-6,9,17H2. The van der Waals surface area contributed by atoms with Gasteiger partial charge in [0.05, 0.1) is 8.66 Å². The Hall–Kier alpha value is -1.33. The number of rotatable bonds is 4. The molecule has 2 aromatic rings. The van der Waals surface area contributed by atoms with Crippen molar-refractivity contribution >= 4 is 38.9 Å². The maximum atomic E-state index is 12.6. The lowest BCUT2D eigenvalue weighted by molar-refractivity contribution is 0.0735. The van der Waals surface area contributed by atoms with Gasteiger partial charge >= 0.3 is 0 Å². The third-order valence-corrected chi connectivity index (χ3v) is 4.98. The molecule has 0 aliphatic heterocycles. The number of hydrogen-bond donors (Lipinski definition) is 1. The van der Waals surface area contributed by atoms with Gasteiger partial charge in [0.1, 0.15) is 0 Å². The number of carbonyl (C=O) groups is 1. The molecule has 1 fully saturated rings. The average Bonchev–Trinajstić information content (AvgIpc) is 3.19. The summed E-state index contributed by atoms with van der Waals surface area (Å²) in [4.78, 5) is 15.4. The summed E-state index contributed by atoms with van der Waals surface area (Å²) in [6.07, 6.45) is 2.21. The van der Waals surface area contributed by atoms with Gasteiger partial charge in [-0.1, -0.05) is 12.1 Å². The molecule has 1 heterocycles. The van der Waals surface area contributed by atoms with E-state index in [0.717, 1.165) is 32.8 Å². The Morgan fingerprint density at radius 3 is 2.50 bits per heavy atom. The molecule has 0 atom stereocenters. The first kappa shape index (κ1) is 13.6. The number of nitrogens with zero attached hydrogens (tertiary/aromatic N) is 1. The second-order valence-electron chi connectivity index (χ2n) is 5.01. The summed E-state index contributed by atoms with van der Waals surface area (Å²) in [5.74, 6) is 0.125. The van der Waals surface area contributed by atoms with E-state index in [1.165, 1.54) is 11.3 Å². The van der Waals surface area contributed by atoms with Gasteiger partial charge in [0.15, 0.2) is 0 Å². The number of carbonyl (C=O) groups excluding carboxylic acids is 1. The highest BCUT2D eigenvalue weighted by atomic mass is 79.9. The lowest BCUT2D eigenvalue weighted by atomic mass is 10.2. The van der Waals surface area contributed by atoms with E-state index in [2.05, 4.69) is 15.9 Å². The van der Waals surface area contributed by atoms with Gasteiger partial charge in [-0.3, -0.25) is 4.79 Å². The van der Waals surface area contributed by atoms with Crippen LogP contribution in [0.1, 0.15) is 28.1 Å². The van der Waals surface area contributed by atoms with Crippen molar-refractivity contribution in [2.45, 2.75) is 25.4 Å². The predicted octanol–water partition coefficient (Wildman–Crippen LogP) is 3.90. The molecule has 20 heavy (non-hydrogen) atoms. The number of nitrogens with two attached hydrogens (primary N) is 1. The maximum absolute atomic E-state index is 12.6. The van der Waals surface area contributed by atoms with E-state index >= 15 is 0 Å². The maximum Gasteiger partial charge on any atom is 0.264 e. The fourth-order valence-electron chi connectivity index (χ4n) is 2.14. The molecule has 104 valence electrons. The molecule has 0 bridgehead atoms. The lowest BCUT2D eigenvalue weighted by Gasteiger charge is -2.22. The largest absolute Gasteiger partial charge is 0.399 e. The number of thiophene rings is 1. The topological polar surface area (TPSA) is 46.3 Å². The Bertz CT molecular complexity index is 619. The van der Waals surface area contributed by atoms with Crippen molar-refractivity contribution in [3.8, 4) is 0 Å². The third-order valence-electron chi connectivity index (χ3n) is 3.37. The minimum absolute atomic E-state index is 0.125. The first-order valence-electron chi connectivity index (χ1n) is 6.54. The third kappa shape index (κ3) is 3.04. The molecular weight excluding hydrogens is 336 g/mol. The summed E-state index contributed by atoms with van der Waals surface area (Å²) in [5.41, 5.74) is 7.57. The summed E-state index contributed by atoms with van der Waals surface area (Å²) in [5, 5.41) is 0. The van der Waals surface area contributed by atoms with Crippen molar-refractivity contribution in [3.05, 3.63) is 50.6 Å². The van der Waals surface area contributed by atoms with Gasteiger partial charge in [0, 0.05) is 18.3 Å². The zero-order chi connectivity index (χ0) is 14.1. The zero-order valence-electron chi connectivity index (χ0n) is 10.9. The van der Waals surface area contributed by atoms with E-state index in [9.17, 15) is 4.79 Å². The van der Waals surface area contributed by atoms with Crippen LogP contribution in [0.4, 0.5) is 5.69 Å². The number of halogens is 1. The highest BCUT2D eigenvalue weighted by molar-refractivity contribution is 9.11. The van der Waals surface area contributed by atoms with Gasteiger partial charge in [0.2, 0.25) is 0 Å². The van der Waals surface area contributed by atoms with E-state index in [4.69, 9.17) is 5.73 Å². The number of amides is 1. The highest BCUT2D eigenvalue weighted by Gasteiger charge is 2.33. The summed E-state index contributed by atoms with van der Waals surface area (Å²) in [6.45, 7) is 0.652. The van der Waals surface area contributed by atoms with Gasteiger partial charge in [-0.15, -0.1) is 11.3 Å². The molecular formula is C15H15BrN2OS. The van der Waals surface area contributed by atoms with Crippen LogP contribution < -0.4 is 5.73 Å². The summed E-state index contributed by atoms with van der Waals surface area (Å²) in [6, 6.07) is 11.9. The smallest absolute Gasteiger partial charge is 0.264 e. The summed E-state index contributed by atoms with van der Waals surface area (Å²) < 4.78 is 0.990. The first-order chi connectivity index (χ1) is 9.63. The van der Waals surface area contributed by atoms with Gasteiger partial charge < -0.3 is 10.6 Å². The van der Waals surface area contributed by atoms with E-state index in [1.54, 1.807) is 0 Å². The predicted molar refractivity (Wildman–Crippen MR) is 85.8 cm³/mol. The van der Waals surface area contributed by atoms with Gasteiger partial charge in [-0.25, -0.2) is 0 Å². The van der Waals surface area contributed by atoms with Crippen molar-refractivity contribution in [1.29, 1.82) is 0 Å². The van der Waals surface area contributed by atoms with Gasteiger partial charge in [-0.05, 0) is 58.6 Å². The van der Waals surface area contributed by atoms with Crippen molar-refractivity contribution in [1.82, 2.24) is 4.90 Å². The number of benzene rings is 1. The van der Waals surface area contributed by atoms with Crippen LogP contribution in [0.5, 0.6) is 0 Å². The second kappa shape index (κ2) is 5.58. The molecule has 3 nitrogen and oxygen atoms in total. The zero-order valence-corrected chi connectivity index (χ0v) is 13.3. The molecule has 0 spiro atoms. The van der Waals surface area contributed by atoms with Crippen LogP contribution in [-0.2, 0) is 6.54 Å². The van der Waals surface area contributed by atoms with Crippen LogP contribution in [0.3, 0.4) is 0 Å². The van der Waals surface area contributed by atoms with Crippen LogP contribution >= 0.6 is 27.3 Å². The van der Waals surface area contributed by atoms with Crippen molar-refractivity contribution in [3.63, 3.8) is 0 Å². The molecule has 0 radical (unpaired) electrons. The molecule has 5 heteroatoms. The molecule has 1 aromatic carbocycles. The quantitative estimate of drug-likeness (QED) is 0.850. The Kier molecular flexibility index (Phi) is 3.81. The molecule has 2 N–H and O–H groups in total. The van der Waals surface area contributed by atoms with Crippen molar-refractivity contribution < 1.29 is 4.79 Å². The summed E-state index contributed by atoms with van der Waals surface area (Å²) in [7, 11) is 0. The number of nitrogen functional groups attached to an aromatic ring is 1. The number of anilines is 1. The molecule has 0 unspecified atom stereocenters. The van der Waals surface area contributed by atoms with Crippen LogP contribution in [-0.4, -0.2) is 16.8 Å². The molecule has 3 rings (SSSR count). The van der Waals surface area contributed by atoms with Crippen molar-refractivity contribution in [2.75, 3.05) is 5.73 Å². The van der Waals surface area contributed by atoms with Gasteiger partial charge in [-0.2, -0.15) is 0 Å². The number of hydrogen-bond acceptors (Lipinski definition) is 3. The average molecular weight is 351 g/mol. The minimum atomic E-state index is 0.125. The lowest BCUT2D eigenvalue weighted by Crippen LogP contribution is -2.32. The molecule has 1 amide bonds. The van der Waals surface area contributed by atoms with Crippen LogP contribution in [0.2, 0.25) is 0 Å². The Balaban J connectivity index is 1.79. The highest BCUT2D eigenvalue weighted by Crippen LogP contribution is 2.32. The normalized spacial score (nSPS) is 14.2. The summed E-state index contributed by atoms with van der Waals surface area (Å²) >= 11 is 4.90. The fraction of sp³-hybridized carbons (Fsp3) is 0.267. The Morgan fingerprint density at radius 1 is 1.25 bits per heavy atom. The van der Waals surface area contributed by atoms with E-state index in [1.807, 2.05) is 41.3 Å². The Labute approximate surface area is 130 Å². The Morgan fingerprint density at radius 2 is 1.95 bits per heavy atom. The monoisotopic (exact) mass is 350 g/mol. The van der Waals surface area contributed by atoms with Gasteiger partial charge in [0.25, 0.3) is 5.91 Å². The van der Waals surface area contributed by atoms with Crippen molar-refractivity contribution in [2.24, 2.45) is 0 Å². The van der Waals surface area contributed by atoms with Crippen LogP contribution in [0, 0.1) is 0 Å².